The van der Waals surface area contributed by atoms with E-state index in [4.69, 9.17) is 33.6 Å². The number of aliphatic carboxylic acids is 2. The lowest BCUT2D eigenvalue weighted by Gasteiger charge is -2.23. The molecule has 0 aliphatic carbocycles. The predicted octanol–water partition coefficient (Wildman–Crippen LogP) is 4.34. The molecule has 4 aromatic rings. The number of halogens is 3. The van der Waals surface area contributed by atoms with Crippen LogP contribution in [-0.4, -0.2) is 177 Å². The van der Waals surface area contributed by atoms with Gasteiger partial charge in [0.2, 0.25) is 15.9 Å². The second-order valence-electron chi connectivity index (χ2n) is 18.9. The number of nitrogens with one attached hydrogen (secondary N) is 6. The van der Waals surface area contributed by atoms with E-state index in [-0.39, 0.29) is 29.4 Å². The lowest BCUT2D eigenvalue weighted by atomic mass is 10.1. The summed E-state index contributed by atoms with van der Waals surface area (Å²) in [5.41, 5.74) is 0.929. The standard InChI is InChI=1S/C47H71N9O15S2.C2HF3O2/c1-33-27-38(70-22-8-12-41(57)48-16-10-21-68-24-26-69-25-23-67-20-7-6-11-37(32-72(62,63)64)54-46(61)71-47(3,4)5)28-34(2)42(33)73(65,66)55-39(44(59)60)31-52-43(58)35-13-14-40-36(29-35)30-53-56(40)19-9-15-49-45-50-17-18-51-45;3-2(4,5)1(6)7/h13-14,17-18,27-30,37,39,55H,6-12,15-16,19-26,31-32H2,1-5H3,(H,48,57)(H,52,58)(H,54,61)(H,59,60)(H2,49,50,51)(H,62,63,64);(H,6,7). The third kappa shape index (κ3) is 27.0. The molecule has 0 saturated carbocycles. The highest BCUT2D eigenvalue weighted by Gasteiger charge is 2.38. The van der Waals surface area contributed by atoms with Gasteiger partial charge < -0.3 is 60.1 Å². The molecule has 4 rings (SSSR count). The Bertz CT molecular complexity index is 2810. The average Bonchev–Trinajstić information content (AvgIpc) is 4.02. The van der Waals surface area contributed by atoms with Crippen molar-refractivity contribution in [1.82, 2.24) is 40.4 Å². The molecule has 3 amide bonds. The predicted molar refractivity (Wildman–Crippen MR) is 283 cm³/mol. The van der Waals surface area contributed by atoms with E-state index in [0.717, 1.165) is 11.9 Å². The highest BCUT2D eigenvalue weighted by molar-refractivity contribution is 7.89. The van der Waals surface area contributed by atoms with Crippen molar-refractivity contribution in [3.8, 4) is 5.75 Å². The monoisotopic (exact) mass is 1180 g/mol. The Morgan fingerprint density at radius 2 is 1.45 bits per heavy atom. The van der Waals surface area contributed by atoms with E-state index >= 15 is 0 Å². The van der Waals surface area contributed by atoms with Crippen LogP contribution in [-0.2, 0) is 60.0 Å². The van der Waals surface area contributed by atoms with Gasteiger partial charge >= 0.3 is 24.2 Å². The minimum absolute atomic E-state index is 0.120. The molecule has 31 heteroatoms. The van der Waals surface area contributed by atoms with Gasteiger partial charge in [0.1, 0.15) is 17.4 Å². The number of aromatic nitrogens is 4. The van der Waals surface area contributed by atoms with Crippen molar-refractivity contribution in [2.75, 3.05) is 77.0 Å². The first-order valence-electron chi connectivity index (χ1n) is 25.3. The number of carboxylic acid groups (broad SMARTS) is 2. The van der Waals surface area contributed by atoms with Crippen molar-refractivity contribution >= 4 is 66.8 Å². The first kappa shape index (κ1) is 67.6. The van der Waals surface area contributed by atoms with Gasteiger partial charge in [-0.3, -0.25) is 23.6 Å². The quantitative estimate of drug-likeness (QED) is 0.0228. The summed E-state index contributed by atoms with van der Waals surface area (Å²) in [5.74, 6) is -4.55. The Morgan fingerprint density at radius 1 is 0.812 bits per heavy atom. The van der Waals surface area contributed by atoms with Crippen molar-refractivity contribution in [2.24, 2.45) is 0 Å². The molecule has 0 aliphatic rings. The number of hydrogen-bond donors (Lipinski definition) is 9. The molecule has 0 spiro atoms. The van der Waals surface area contributed by atoms with Gasteiger partial charge in [-0.2, -0.15) is 31.4 Å². The number of unbranched alkanes of at least 4 members (excludes halogenated alkanes) is 1. The number of fused-ring (bicyclic) bond motifs is 1. The number of carbonyl (C=O) groups excluding carboxylic acids is 3. The molecule has 2 aromatic heterocycles. The van der Waals surface area contributed by atoms with Crippen LogP contribution in [0.15, 0.2) is 53.8 Å². The number of imidazole rings is 1. The molecule has 0 fully saturated rings. The number of alkyl carbamates (subject to hydrolysis) is 1. The lowest BCUT2D eigenvalue weighted by Crippen LogP contribution is -2.48. The van der Waals surface area contributed by atoms with E-state index in [2.05, 4.69) is 41.1 Å². The molecule has 2 atom stereocenters. The van der Waals surface area contributed by atoms with E-state index in [1.54, 1.807) is 71.4 Å². The number of alkyl halides is 3. The van der Waals surface area contributed by atoms with E-state index in [0.29, 0.717) is 120 Å². The van der Waals surface area contributed by atoms with E-state index < -0.39 is 80.2 Å². The average molecular weight is 1180 g/mol. The van der Waals surface area contributed by atoms with Gasteiger partial charge in [0, 0.05) is 75.2 Å². The summed E-state index contributed by atoms with van der Waals surface area (Å²) in [6.07, 6.45) is 2.57. The smallest absolute Gasteiger partial charge is 0.490 e. The second kappa shape index (κ2) is 33.2. The molecule has 0 bridgehead atoms. The Morgan fingerprint density at radius 3 is 2.04 bits per heavy atom. The van der Waals surface area contributed by atoms with Crippen LogP contribution in [0, 0.1) is 13.8 Å². The van der Waals surface area contributed by atoms with Gasteiger partial charge in [-0.15, -0.1) is 0 Å². The number of amides is 3. The molecule has 2 unspecified atom stereocenters. The topological polar surface area (TPSA) is 367 Å². The van der Waals surface area contributed by atoms with Gasteiger partial charge in [-0.05, 0) is 115 Å². The van der Waals surface area contributed by atoms with Gasteiger partial charge in [-0.25, -0.2) is 23.0 Å². The summed E-state index contributed by atoms with van der Waals surface area (Å²) in [6.45, 7) is 11.8. The Hall–Kier alpha value is -6.64. The number of carboxylic acids is 2. The largest absolute Gasteiger partial charge is 0.494 e. The summed E-state index contributed by atoms with van der Waals surface area (Å²) < 4.78 is 122. The highest BCUT2D eigenvalue weighted by atomic mass is 32.2. The fourth-order valence-corrected chi connectivity index (χ4v) is 9.72. The fourth-order valence-electron chi connectivity index (χ4n) is 7.32. The van der Waals surface area contributed by atoms with Gasteiger partial charge in [-0.1, -0.05) is 0 Å². The Labute approximate surface area is 461 Å². The van der Waals surface area contributed by atoms with Crippen molar-refractivity contribution in [3.63, 3.8) is 0 Å². The summed E-state index contributed by atoms with van der Waals surface area (Å²) in [6, 6.07) is 5.53. The minimum atomic E-state index is -5.08. The normalized spacial score (nSPS) is 12.7. The van der Waals surface area contributed by atoms with E-state index in [1.807, 2.05) is 4.68 Å². The minimum Gasteiger partial charge on any atom is -0.494 e. The maximum absolute atomic E-state index is 13.5. The zero-order chi connectivity index (χ0) is 59.5. The number of anilines is 1. The molecule has 9 N–H and O–H groups in total. The number of aromatic amines is 1. The third-order valence-electron chi connectivity index (χ3n) is 10.8. The number of rotatable bonds is 35. The molecule has 26 nitrogen and oxygen atoms in total. The SMILES string of the molecule is Cc1cc(OCCCC(=O)NCCCOCCOCCOCCCCC(CS(=O)(=O)O)NC(=O)OC(C)(C)C)cc(C)c1S(=O)(=O)NC(CNC(=O)c1ccc2c(cnn2CCCNc2ncc[nH]2)c1)C(=O)O.O=C(O)C(F)(F)F. The maximum Gasteiger partial charge on any atom is 0.490 e. The van der Waals surface area contributed by atoms with Crippen molar-refractivity contribution < 1.29 is 92.4 Å². The number of carbonyl (C=O) groups is 5. The van der Waals surface area contributed by atoms with Crippen LogP contribution in [0.4, 0.5) is 23.9 Å². The van der Waals surface area contributed by atoms with Crippen LogP contribution >= 0.6 is 0 Å². The lowest BCUT2D eigenvalue weighted by molar-refractivity contribution is -0.192. The summed E-state index contributed by atoms with van der Waals surface area (Å²) in [7, 11) is -8.67. The third-order valence-corrected chi connectivity index (χ3v) is 13.4. The number of sulfonamides is 1. The van der Waals surface area contributed by atoms with Crippen LogP contribution in [0.25, 0.3) is 10.9 Å². The highest BCUT2D eigenvalue weighted by Crippen LogP contribution is 2.26. The molecular weight excluding hydrogens is 1110 g/mol. The zero-order valence-electron chi connectivity index (χ0n) is 45.1. The maximum atomic E-state index is 13.5. The first-order chi connectivity index (χ1) is 37.5. The van der Waals surface area contributed by atoms with Crippen LogP contribution in [0.1, 0.15) is 87.2 Å². The number of benzene rings is 2. The molecule has 2 heterocycles. The second-order valence-corrected chi connectivity index (χ2v) is 22.0. The van der Waals surface area contributed by atoms with Crippen LogP contribution in [0.5, 0.6) is 5.75 Å². The number of ether oxygens (including phenoxy) is 5. The van der Waals surface area contributed by atoms with Gasteiger partial charge in [0.05, 0.1) is 55.4 Å². The van der Waals surface area contributed by atoms with E-state index in [9.17, 15) is 58.8 Å². The summed E-state index contributed by atoms with van der Waals surface area (Å²) in [5, 5.41) is 33.2. The molecular formula is C49H72F3N9O17S2. The molecule has 0 radical (unpaired) electrons. The summed E-state index contributed by atoms with van der Waals surface area (Å²) in [4.78, 5) is 65.5. The van der Waals surface area contributed by atoms with Crippen molar-refractivity contribution in [3.05, 3.63) is 65.6 Å². The zero-order valence-corrected chi connectivity index (χ0v) is 46.7. The Kier molecular flexibility index (Phi) is 28.1. The van der Waals surface area contributed by atoms with Crippen molar-refractivity contribution in [2.45, 2.75) is 115 Å². The van der Waals surface area contributed by atoms with Crippen molar-refractivity contribution in [1.29, 1.82) is 0 Å². The van der Waals surface area contributed by atoms with Crippen LogP contribution < -0.4 is 30.7 Å². The number of nitrogens with zero attached hydrogens (tertiary/aromatic N) is 3. The molecule has 2 aromatic carbocycles. The number of hydrogen-bond acceptors (Lipinski definition) is 17. The number of H-pyrrole nitrogens is 1. The van der Waals surface area contributed by atoms with Gasteiger partial charge in [0.25, 0.3) is 16.0 Å². The fraction of sp³-hybridized carbons (Fsp3) is 0.571. The summed E-state index contributed by atoms with van der Waals surface area (Å²) >= 11 is 0. The molecule has 0 aliphatic heterocycles. The molecule has 448 valence electrons. The number of aryl methyl sites for hydroxylation is 3. The van der Waals surface area contributed by atoms with Gasteiger partial charge in [0.15, 0.2) is 5.95 Å². The van der Waals surface area contributed by atoms with Crippen LogP contribution in [0.2, 0.25) is 0 Å². The molecule has 80 heavy (non-hydrogen) atoms. The molecule has 0 saturated heterocycles. The Balaban J connectivity index is 0.00000224. The first-order valence-corrected chi connectivity index (χ1v) is 28.3. The van der Waals surface area contributed by atoms with E-state index in [1.165, 1.54) is 12.1 Å². The van der Waals surface area contributed by atoms with Crippen LogP contribution in [0.3, 0.4) is 0 Å².